The van der Waals surface area contributed by atoms with Gasteiger partial charge in [-0.25, -0.2) is 4.98 Å². The molecule has 3 aromatic heterocycles. The number of aromatic nitrogens is 5. The predicted molar refractivity (Wildman–Crippen MR) is 99.3 cm³/mol. The summed E-state index contributed by atoms with van der Waals surface area (Å²) in [5.41, 5.74) is 3.31. The van der Waals surface area contributed by atoms with Gasteiger partial charge in [-0.1, -0.05) is 23.4 Å². The number of nitrogens with zero attached hydrogens (tertiary/aromatic N) is 5. The minimum Gasteiger partial charge on any atom is -0.497 e. The van der Waals surface area contributed by atoms with Gasteiger partial charge in [0.15, 0.2) is 5.69 Å². The molecule has 0 unspecified atom stereocenters. The molecule has 1 aromatic carbocycles. The summed E-state index contributed by atoms with van der Waals surface area (Å²) in [5, 5.41) is 4.02. The molecule has 140 valence electrons. The quantitative estimate of drug-likeness (QED) is 0.541. The fraction of sp³-hybridized carbons (Fsp3) is 0.200. The van der Waals surface area contributed by atoms with Crippen LogP contribution in [0.1, 0.15) is 17.4 Å². The predicted octanol–water partition coefficient (Wildman–Crippen LogP) is 3.28. The van der Waals surface area contributed by atoms with Crippen LogP contribution in [0.3, 0.4) is 0 Å². The van der Waals surface area contributed by atoms with Crippen molar-refractivity contribution in [1.82, 2.24) is 24.7 Å². The SMILES string of the molecule is COc1ccc([C@H]2Cn3cnc(-c4nc(-c5ccccn5)no4)c3CO2)cc1. The number of ether oxygens (including phenoxy) is 2. The van der Waals surface area contributed by atoms with Gasteiger partial charge in [0.25, 0.3) is 5.89 Å². The molecule has 0 saturated heterocycles. The van der Waals surface area contributed by atoms with Crippen molar-refractivity contribution in [2.75, 3.05) is 7.11 Å². The van der Waals surface area contributed by atoms with Crippen LogP contribution in [0, 0.1) is 0 Å². The first-order valence-corrected chi connectivity index (χ1v) is 8.87. The molecule has 0 saturated carbocycles. The average molecular weight is 375 g/mol. The maximum absolute atomic E-state index is 6.07. The number of fused-ring (bicyclic) bond motifs is 1. The molecule has 0 aliphatic carbocycles. The summed E-state index contributed by atoms with van der Waals surface area (Å²) in [4.78, 5) is 13.2. The van der Waals surface area contributed by atoms with Gasteiger partial charge >= 0.3 is 0 Å². The minimum atomic E-state index is -0.0489. The molecule has 28 heavy (non-hydrogen) atoms. The Hall–Kier alpha value is -3.52. The number of hydrogen-bond acceptors (Lipinski definition) is 7. The van der Waals surface area contributed by atoms with E-state index in [4.69, 9.17) is 14.0 Å². The second kappa shape index (κ2) is 6.90. The third kappa shape index (κ3) is 2.93. The summed E-state index contributed by atoms with van der Waals surface area (Å²) in [6.07, 6.45) is 3.43. The van der Waals surface area contributed by atoms with Gasteiger partial charge in [0.2, 0.25) is 5.82 Å². The molecule has 1 aliphatic heterocycles. The molecule has 0 radical (unpaired) electrons. The zero-order valence-electron chi connectivity index (χ0n) is 15.1. The Kier molecular flexibility index (Phi) is 4.10. The fourth-order valence-corrected chi connectivity index (χ4v) is 3.24. The van der Waals surface area contributed by atoms with Gasteiger partial charge in [0, 0.05) is 6.20 Å². The van der Waals surface area contributed by atoms with E-state index in [1.807, 2.05) is 42.5 Å². The van der Waals surface area contributed by atoms with Crippen molar-refractivity contribution in [3.63, 3.8) is 0 Å². The zero-order valence-corrected chi connectivity index (χ0v) is 15.1. The normalized spacial score (nSPS) is 16.0. The lowest BCUT2D eigenvalue weighted by molar-refractivity contribution is 0.00328. The van der Waals surface area contributed by atoms with Crippen molar-refractivity contribution in [3.8, 4) is 28.9 Å². The minimum absolute atomic E-state index is 0.0489. The Morgan fingerprint density at radius 3 is 2.79 bits per heavy atom. The Bertz CT molecular complexity index is 1090. The van der Waals surface area contributed by atoms with E-state index in [2.05, 4.69) is 24.7 Å². The van der Waals surface area contributed by atoms with Crippen molar-refractivity contribution in [2.45, 2.75) is 19.3 Å². The highest BCUT2D eigenvalue weighted by Crippen LogP contribution is 2.32. The van der Waals surface area contributed by atoms with Crippen LogP contribution in [0.2, 0.25) is 0 Å². The second-order valence-corrected chi connectivity index (χ2v) is 6.40. The molecule has 4 aromatic rings. The number of benzene rings is 1. The lowest BCUT2D eigenvalue weighted by Gasteiger charge is -2.25. The molecule has 1 atom stereocenters. The van der Waals surface area contributed by atoms with Crippen LogP contribution in [0.5, 0.6) is 5.75 Å². The molecule has 5 rings (SSSR count). The first-order valence-electron chi connectivity index (χ1n) is 8.87. The fourth-order valence-electron chi connectivity index (χ4n) is 3.24. The van der Waals surface area contributed by atoms with Crippen LogP contribution in [-0.4, -0.2) is 31.8 Å². The van der Waals surface area contributed by atoms with Crippen molar-refractivity contribution >= 4 is 0 Å². The molecular formula is C20H17N5O3. The molecule has 0 N–H and O–H groups in total. The maximum Gasteiger partial charge on any atom is 0.278 e. The van der Waals surface area contributed by atoms with Gasteiger partial charge in [0.1, 0.15) is 17.5 Å². The van der Waals surface area contributed by atoms with Gasteiger partial charge < -0.3 is 18.6 Å². The van der Waals surface area contributed by atoms with Crippen molar-refractivity contribution in [3.05, 3.63) is 66.2 Å². The highest BCUT2D eigenvalue weighted by molar-refractivity contribution is 5.56. The smallest absolute Gasteiger partial charge is 0.278 e. The van der Waals surface area contributed by atoms with Gasteiger partial charge in [-0.15, -0.1) is 0 Å². The molecule has 8 heteroatoms. The van der Waals surface area contributed by atoms with Gasteiger partial charge in [-0.05, 0) is 29.8 Å². The van der Waals surface area contributed by atoms with E-state index in [0.29, 0.717) is 36.3 Å². The zero-order chi connectivity index (χ0) is 18.9. The Morgan fingerprint density at radius 1 is 1.11 bits per heavy atom. The Balaban J connectivity index is 1.39. The molecule has 0 fully saturated rings. The van der Waals surface area contributed by atoms with E-state index in [-0.39, 0.29) is 6.10 Å². The van der Waals surface area contributed by atoms with Gasteiger partial charge in [0.05, 0.1) is 32.3 Å². The number of hydrogen-bond donors (Lipinski definition) is 0. The summed E-state index contributed by atoms with van der Waals surface area (Å²) in [6.45, 7) is 1.07. The number of rotatable bonds is 4. The summed E-state index contributed by atoms with van der Waals surface area (Å²) >= 11 is 0. The van der Waals surface area contributed by atoms with Crippen LogP contribution in [-0.2, 0) is 17.9 Å². The lowest BCUT2D eigenvalue weighted by atomic mass is 10.1. The van der Waals surface area contributed by atoms with E-state index in [1.54, 1.807) is 19.6 Å². The summed E-state index contributed by atoms with van der Waals surface area (Å²) in [6, 6.07) is 13.5. The van der Waals surface area contributed by atoms with E-state index < -0.39 is 0 Å². The number of methoxy groups -OCH3 is 1. The van der Waals surface area contributed by atoms with E-state index in [1.165, 1.54) is 0 Å². The van der Waals surface area contributed by atoms with E-state index in [0.717, 1.165) is 17.0 Å². The lowest BCUT2D eigenvalue weighted by Crippen LogP contribution is -2.20. The van der Waals surface area contributed by atoms with Crippen LogP contribution < -0.4 is 4.74 Å². The first kappa shape index (κ1) is 16.6. The topological polar surface area (TPSA) is 88.1 Å². The van der Waals surface area contributed by atoms with Crippen molar-refractivity contribution in [1.29, 1.82) is 0 Å². The third-order valence-electron chi connectivity index (χ3n) is 4.74. The Morgan fingerprint density at radius 2 is 2.00 bits per heavy atom. The summed E-state index contributed by atoms with van der Waals surface area (Å²) in [7, 11) is 1.65. The van der Waals surface area contributed by atoms with Crippen LogP contribution in [0.15, 0.2) is 59.5 Å². The number of imidazole rings is 1. The molecule has 1 aliphatic rings. The summed E-state index contributed by atoms with van der Waals surface area (Å²) < 4.78 is 18.8. The molecule has 0 bridgehead atoms. The standard InChI is InChI=1S/C20H17N5O3/c1-26-14-7-5-13(6-8-14)17-10-25-12-22-18(16(25)11-27-17)20-23-19(24-28-20)15-4-2-3-9-21-15/h2-9,12,17H,10-11H2,1H3/t17-/m1/s1. The molecular weight excluding hydrogens is 358 g/mol. The van der Waals surface area contributed by atoms with Gasteiger partial charge in [-0.3, -0.25) is 4.98 Å². The highest BCUT2D eigenvalue weighted by Gasteiger charge is 2.26. The molecule has 8 nitrogen and oxygen atoms in total. The van der Waals surface area contributed by atoms with Crippen LogP contribution in [0.25, 0.3) is 23.1 Å². The summed E-state index contributed by atoms with van der Waals surface area (Å²) in [5.74, 6) is 1.62. The van der Waals surface area contributed by atoms with E-state index in [9.17, 15) is 0 Å². The molecule has 0 spiro atoms. The Labute approximate surface area is 160 Å². The van der Waals surface area contributed by atoms with Crippen LogP contribution in [0.4, 0.5) is 0 Å². The van der Waals surface area contributed by atoms with Crippen LogP contribution >= 0.6 is 0 Å². The first-order chi connectivity index (χ1) is 13.8. The maximum atomic E-state index is 6.07. The monoisotopic (exact) mass is 375 g/mol. The molecule has 4 heterocycles. The third-order valence-corrected chi connectivity index (χ3v) is 4.74. The highest BCUT2D eigenvalue weighted by atomic mass is 16.5. The molecule has 0 amide bonds. The second-order valence-electron chi connectivity index (χ2n) is 6.40. The van der Waals surface area contributed by atoms with Gasteiger partial charge in [-0.2, -0.15) is 4.98 Å². The number of pyridine rings is 1. The van der Waals surface area contributed by atoms with E-state index >= 15 is 0 Å². The van der Waals surface area contributed by atoms with Crippen molar-refractivity contribution < 1.29 is 14.0 Å². The average Bonchev–Trinajstić information content (AvgIpc) is 3.41. The van der Waals surface area contributed by atoms with Crippen molar-refractivity contribution in [2.24, 2.45) is 0 Å². The largest absolute Gasteiger partial charge is 0.497 e.